The highest BCUT2D eigenvalue weighted by molar-refractivity contribution is 6.32. The van der Waals surface area contributed by atoms with Crippen LogP contribution < -0.4 is 10.5 Å². The van der Waals surface area contributed by atoms with Gasteiger partial charge in [0.25, 0.3) is 0 Å². The normalized spacial score (nSPS) is 23.1. The smallest absolute Gasteiger partial charge is 0.312 e. The number of hydrogen-bond acceptors (Lipinski definition) is 4. The molecule has 0 amide bonds. The van der Waals surface area contributed by atoms with E-state index >= 15 is 0 Å². The minimum atomic E-state index is -0.471. The number of nitro benzene ring substituents is 1. The maximum Gasteiger partial charge on any atom is 0.312 e. The summed E-state index contributed by atoms with van der Waals surface area (Å²) in [5.74, 6) is 0.407. The molecule has 1 aliphatic rings. The Morgan fingerprint density at radius 1 is 1.42 bits per heavy atom. The van der Waals surface area contributed by atoms with Crippen LogP contribution in [0.5, 0.6) is 5.75 Å². The Morgan fingerprint density at radius 3 is 2.84 bits per heavy atom. The van der Waals surface area contributed by atoms with Gasteiger partial charge in [-0.05, 0) is 31.9 Å². The van der Waals surface area contributed by atoms with Crippen LogP contribution in [0.25, 0.3) is 0 Å². The summed E-state index contributed by atoms with van der Waals surface area (Å²) in [5.41, 5.74) is 5.65. The second kappa shape index (κ2) is 6.21. The number of halogens is 1. The van der Waals surface area contributed by atoms with Crippen molar-refractivity contribution in [3.63, 3.8) is 0 Å². The molecule has 19 heavy (non-hydrogen) atoms. The molecule has 6 heteroatoms. The van der Waals surface area contributed by atoms with E-state index in [0.717, 1.165) is 25.7 Å². The van der Waals surface area contributed by atoms with Gasteiger partial charge in [0.15, 0.2) is 0 Å². The van der Waals surface area contributed by atoms with Crippen LogP contribution in [0.1, 0.15) is 25.7 Å². The van der Waals surface area contributed by atoms with E-state index in [1.807, 2.05) is 0 Å². The summed E-state index contributed by atoms with van der Waals surface area (Å²) < 4.78 is 5.83. The summed E-state index contributed by atoms with van der Waals surface area (Å²) in [7, 11) is 0. The molecule has 1 fully saturated rings. The number of rotatable bonds is 4. The molecule has 1 saturated carbocycles. The van der Waals surface area contributed by atoms with E-state index in [1.165, 1.54) is 6.07 Å². The van der Waals surface area contributed by atoms with E-state index in [2.05, 4.69) is 0 Å². The Balaban J connectivity index is 2.24. The first kappa shape index (κ1) is 14.1. The zero-order valence-electron chi connectivity index (χ0n) is 10.5. The van der Waals surface area contributed by atoms with Crippen molar-refractivity contribution < 1.29 is 9.66 Å². The molecule has 5 nitrogen and oxygen atoms in total. The third kappa shape index (κ3) is 3.16. The van der Waals surface area contributed by atoms with Crippen molar-refractivity contribution in [1.29, 1.82) is 0 Å². The molecule has 2 unspecified atom stereocenters. The summed E-state index contributed by atoms with van der Waals surface area (Å²) in [6.07, 6.45) is 3.97. The van der Waals surface area contributed by atoms with Crippen LogP contribution >= 0.6 is 11.6 Å². The monoisotopic (exact) mass is 284 g/mol. The first-order chi connectivity index (χ1) is 9.13. The molecule has 1 aromatic rings. The Morgan fingerprint density at radius 2 is 2.16 bits per heavy atom. The summed E-state index contributed by atoms with van der Waals surface area (Å²) in [5, 5.41) is 11.3. The van der Waals surface area contributed by atoms with Crippen LogP contribution in [0.3, 0.4) is 0 Å². The zero-order valence-corrected chi connectivity index (χ0v) is 11.3. The highest BCUT2D eigenvalue weighted by atomic mass is 35.5. The minimum Gasteiger partial charge on any atom is -0.482 e. The Labute approximate surface area is 116 Å². The van der Waals surface area contributed by atoms with Gasteiger partial charge in [0, 0.05) is 12.0 Å². The lowest BCUT2D eigenvalue weighted by molar-refractivity contribution is -0.386. The number of para-hydroxylation sites is 1. The van der Waals surface area contributed by atoms with Crippen molar-refractivity contribution in [2.45, 2.75) is 31.8 Å². The van der Waals surface area contributed by atoms with Crippen LogP contribution in [-0.2, 0) is 0 Å². The van der Waals surface area contributed by atoms with Gasteiger partial charge in [-0.3, -0.25) is 10.1 Å². The van der Waals surface area contributed by atoms with E-state index in [0.29, 0.717) is 6.54 Å². The first-order valence-electron chi connectivity index (χ1n) is 6.43. The molecular formula is C13H17ClN2O3. The first-order valence-corrected chi connectivity index (χ1v) is 6.81. The van der Waals surface area contributed by atoms with Gasteiger partial charge in [0.1, 0.15) is 6.10 Å². The molecule has 0 aliphatic heterocycles. The number of nitrogens with two attached hydrogens (primary N) is 1. The maximum atomic E-state index is 11.0. The molecule has 2 atom stereocenters. The Kier molecular flexibility index (Phi) is 4.61. The Hall–Kier alpha value is -1.33. The predicted molar refractivity (Wildman–Crippen MR) is 73.5 cm³/mol. The maximum absolute atomic E-state index is 11.0. The second-order valence-corrected chi connectivity index (χ2v) is 5.19. The van der Waals surface area contributed by atoms with Gasteiger partial charge in [-0.2, -0.15) is 0 Å². The molecule has 1 aromatic carbocycles. The van der Waals surface area contributed by atoms with Crippen molar-refractivity contribution >= 4 is 17.3 Å². The zero-order chi connectivity index (χ0) is 13.8. The fourth-order valence-electron chi connectivity index (χ4n) is 2.51. The minimum absolute atomic E-state index is 0.0858. The van der Waals surface area contributed by atoms with Crippen LogP contribution in [0.2, 0.25) is 5.02 Å². The lowest BCUT2D eigenvalue weighted by Crippen LogP contribution is -2.35. The molecule has 0 heterocycles. The van der Waals surface area contributed by atoms with E-state index in [-0.39, 0.29) is 28.5 Å². The summed E-state index contributed by atoms with van der Waals surface area (Å²) in [6, 6.07) is 4.56. The van der Waals surface area contributed by atoms with Crippen molar-refractivity contribution in [3.05, 3.63) is 33.3 Å². The highest BCUT2D eigenvalue weighted by Crippen LogP contribution is 2.38. The van der Waals surface area contributed by atoms with Gasteiger partial charge in [-0.1, -0.05) is 24.1 Å². The molecule has 0 aromatic heterocycles. The van der Waals surface area contributed by atoms with Gasteiger partial charge >= 0.3 is 5.69 Å². The fourth-order valence-corrected chi connectivity index (χ4v) is 2.72. The largest absolute Gasteiger partial charge is 0.482 e. The number of hydrogen-bond donors (Lipinski definition) is 1. The standard InChI is InChI=1S/C13H17ClN2O3/c14-10-5-3-6-11(16(17)18)13(10)19-12-7-2-1-4-9(12)8-15/h3,5-6,9,12H,1-2,4,7-8,15H2. The molecule has 2 rings (SSSR count). The number of nitrogens with zero attached hydrogens (tertiary/aromatic N) is 1. The number of ether oxygens (including phenoxy) is 1. The molecular weight excluding hydrogens is 268 g/mol. The average molecular weight is 285 g/mol. The predicted octanol–water partition coefficient (Wildman–Crippen LogP) is 3.14. The van der Waals surface area contributed by atoms with E-state index in [4.69, 9.17) is 22.1 Å². The van der Waals surface area contributed by atoms with Crippen LogP contribution in [0.4, 0.5) is 5.69 Å². The average Bonchev–Trinajstić information content (AvgIpc) is 2.41. The third-order valence-corrected chi connectivity index (χ3v) is 3.85. The van der Waals surface area contributed by atoms with Gasteiger partial charge in [0.05, 0.1) is 9.95 Å². The summed E-state index contributed by atoms with van der Waals surface area (Å²) in [6.45, 7) is 0.531. The summed E-state index contributed by atoms with van der Waals surface area (Å²) in [4.78, 5) is 10.5. The summed E-state index contributed by atoms with van der Waals surface area (Å²) >= 11 is 6.02. The topological polar surface area (TPSA) is 78.4 Å². The molecule has 0 radical (unpaired) electrons. The molecule has 1 aliphatic carbocycles. The second-order valence-electron chi connectivity index (χ2n) is 4.78. The van der Waals surface area contributed by atoms with Crippen molar-refractivity contribution in [2.24, 2.45) is 11.7 Å². The van der Waals surface area contributed by atoms with Crippen molar-refractivity contribution in [2.75, 3.05) is 6.54 Å². The molecule has 0 saturated heterocycles. The van der Waals surface area contributed by atoms with Crippen LogP contribution in [0.15, 0.2) is 18.2 Å². The molecule has 0 spiro atoms. The molecule has 2 N–H and O–H groups in total. The third-order valence-electron chi connectivity index (χ3n) is 3.55. The number of benzene rings is 1. The molecule has 0 bridgehead atoms. The number of nitro groups is 1. The SMILES string of the molecule is NCC1CCCCC1Oc1c(Cl)cccc1[N+](=O)[O-]. The Bertz CT molecular complexity index is 467. The lowest BCUT2D eigenvalue weighted by Gasteiger charge is -2.31. The van der Waals surface area contributed by atoms with Gasteiger partial charge in [-0.25, -0.2) is 0 Å². The highest BCUT2D eigenvalue weighted by Gasteiger charge is 2.29. The van der Waals surface area contributed by atoms with Gasteiger partial charge in [0.2, 0.25) is 5.75 Å². The van der Waals surface area contributed by atoms with Gasteiger partial charge < -0.3 is 10.5 Å². The van der Waals surface area contributed by atoms with E-state index < -0.39 is 4.92 Å². The van der Waals surface area contributed by atoms with E-state index in [1.54, 1.807) is 12.1 Å². The van der Waals surface area contributed by atoms with Crippen molar-refractivity contribution in [1.82, 2.24) is 0 Å². The molecule has 104 valence electrons. The fraction of sp³-hybridized carbons (Fsp3) is 0.538. The van der Waals surface area contributed by atoms with Crippen LogP contribution in [0, 0.1) is 16.0 Å². The lowest BCUT2D eigenvalue weighted by atomic mass is 9.86. The quantitative estimate of drug-likeness (QED) is 0.680. The van der Waals surface area contributed by atoms with Crippen molar-refractivity contribution in [3.8, 4) is 5.75 Å². The van der Waals surface area contributed by atoms with Gasteiger partial charge in [-0.15, -0.1) is 0 Å². The van der Waals surface area contributed by atoms with Crippen LogP contribution in [-0.4, -0.2) is 17.6 Å². The van der Waals surface area contributed by atoms with E-state index in [9.17, 15) is 10.1 Å².